The fraction of sp³-hybridized carbons (Fsp3) is 0.350. The number of nitrogens with zero attached hydrogens (tertiary/aromatic N) is 2. The highest BCUT2D eigenvalue weighted by Gasteiger charge is 2.29. The van der Waals surface area contributed by atoms with Crippen LogP contribution in [0.3, 0.4) is 0 Å². The fourth-order valence-electron chi connectivity index (χ4n) is 3.01. The molecule has 1 aromatic carbocycles. The number of aromatic nitrogens is 2. The molecule has 1 aliphatic rings. The van der Waals surface area contributed by atoms with Gasteiger partial charge in [-0.1, -0.05) is 38.6 Å². The first-order chi connectivity index (χ1) is 12.5. The van der Waals surface area contributed by atoms with E-state index in [2.05, 4.69) is 22.1 Å². The first-order valence-corrected chi connectivity index (χ1v) is 8.86. The van der Waals surface area contributed by atoms with Gasteiger partial charge >= 0.3 is 0 Å². The van der Waals surface area contributed by atoms with Gasteiger partial charge in [0.1, 0.15) is 5.69 Å². The summed E-state index contributed by atoms with van der Waals surface area (Å²) in [6.07, 6.45) is 2.48. The predicted octanol–water partition coefficient (Wildman–Crippen LogP) is 2.82. The van der Waals surface area contributed by atoms with Gasteiger partial charge in [-0.3, -0.25) is 14.7 Å². The second-order valence-corrected chi connectivity index (χ2v) is 6.90. The van der Waals surface area contributed by atoms with Gasteiger partial charge in [0.2, 0.25) is 0 Å². The second-order valence-electron chi connectivity index (χ2n) is 6.90. The van der Waals surface area contributed by atoms with E-state index in [1.54, 1.807) is 29.2 Å². The Morgan fingerprint density at radius 3 is 2.69 bits per heavy atom. The van der Waals surface area contributed by atoms with Crippen molar-refractivity contribution in [2.45, 2.75) is 32.2 Å². The van der Waals surface area contributed by atoms with Gasteiger partial charge in [-0.15, -0.1) is 0 Å². The number of H-pyrrole nitrogens is 1. The molecule has 1 saturated heterocycles. The zero-order valence-corrected chi connectivity index (χ0v) is 15.2. The van der Waals surface area contributed by atoms with Crippen molar-refractivity contribution in [1.82, 2.24) is 20.4 Å². The Labute approximate surface area is 153 Å². The fourth-order valence-corrected chi connectivity index (χ4v) is 3.01. The van der Waals surface area contributed by atoms with Crippen molar-refractivity contribution < 1.29 is 9.59 Å². The number of nitrogens with one attached hydrogen (secondary N) is 2. The van der Waals surface area contributed by atoms with Crippen molar-refractivity contribution in [3.63, 3.8) is 0 Å². The summed E-state index contributed by atoms with van der Waals surface area (Å²) in [7, 11) is 0. The average Bonchev–Trinajstić information content (AvgIpc) is 3.31. The van der Waals surface area contributed by atoms with Crippen molar-refractivity contribution in [3.05, 3.63) is 59.4 Å². The molecule has 6 heteroatoms. The zero-order valence-electron chi connectivity index (χ0n) is 15.2. The summed E-state index contributed by atoms with van der Waals surface area (Å²) in [5.41, 5.74) is 2.95. The summed E-state index contributed by atoms with van der Waals surface area (Å²) in [5, 5.41) is 10.0. The van der Waals surface area contributed by atoms with E-state index in [4.69, 9.17) is 0 Å². The zero-order chi connectivity index (χ0) is 18.7. The first kappa shape index (κ1) is 17.9. The van der Waals surface area contributed by atoms with E-state index in [9.17, 15) is 9.59 Å². The Kier molecular flexibility index (Phi) is 5.21. The quantitative estimate of drug-likeness (QED) is 0.868. The van der Waals surface area contributed by atoms with Crippen LogP contribution in [0.1, 0.15) is 58.3 Å². The third kappa shape index (κ3) is 3.85. The molecule has 0 spiro atoms. The molecular weight excluding hydrogens is 328 g/mol. The van der Waals surface area contributed by atoms with Gasteiger partial charge in [-0.2, -0.15) is 5.10 Å². The molecule has 2 amide bonds. The summed E-state index contributed by atoms with van der Waals surface area (Å²) >= 11 is 0. The maximum Gasteiger partial charge on any atom is 0.274 e. The van der Waals surface area contributed by atoms with Crippen molar-refractivity contribution in [2.75, 3.05) is 13.1 Å². The maximum absolute atomic E-state index is 12.6. The number of hydrogen-bond donors (Lipinski definition) is 2. The molecule has 1 aromatic heterocycles. The monoisotopic (exact) mass is 352 g/mol. The molecule has 0 radical (unpaired) electrons. The van der Waals surface area contributed by atoms with Gasteiger partial charge in [0.25, 0.3) is 11.8 Å². The lowest BCUT2D eigenvalue weighted by atomic mass is 10.1. The highest BCUT2D eigenvalue weighted by Crippen LogP contribution is 2.17. The highest BCUT2D eigenvalue weighted by atomic mass is 16.2. The normalized spacial score (nSPS) is 16.7. The Balaban J connectivity index is 1.58. The minimum absolute atomic E-state index is 0.0472. The van der Waals surface area contributed by atoms with Crippen LogP contribution < -0.4 is 5.32 Å². The number of benzene rings is 1. The van der Waals surface area contributed by atoms with Crippen molar-refractivity contribution in [1.29, 1.82) is 0 Å². The third-order valence-electron chi connectivity index (χ3n) is 4.66. The number of aromatic amines is 1. The Bertz CT molecular complexity index is 807. The summed E-state index contributed by atoms with van der Waals surface area (Å²) in [6, 6.07) is 9.03. The molecule has 136 valence electrons. The first-order valence-electron chi connectivity index (χ1n) is 8.86. The number of hydrogen-bond acceptors (Lipinski definition) is 3. The maximum atomic E-state index is 12.6. The Hall–Kier alpha value is -2.89. The van der Waals surface area contributed by atoms with E-state index in [0.29, 0.717) is 30.3 Å². The van der Waals surface area contributed by atoms with Crippen LogP contribution in [0.15, 0.2) is 36.9 Å². The van der Waals surface area contributed by atoms with Crippen molar-refractivity contribution >= 4 is 17.9 Å². The highest BCUT2D eigenvalue weighted by molar-refractivity contribution is 5.95. The van der Waals surface area contributed by atoms with Gasteiger partial charge in [0, 0.05) is 30.4 Å². The van der Waals surface area contributed by atoms with Crippen LogP contribution in [0.4, 0.5) is 0 Å². The van der Waals surface area contributed by atoms with E-state index in [0.717, 1.165) is 17.7 Å². The van der Waals surface area contributed by atoms with E-state index < -0.39 is 0 Å². The molecule has 2 N–H and O–H groups in total. The van der Waals surface area contributed by atoms with Crippen molar-refractivity contribution in [3.8, 4) is 0 Å². The number of rotatable bonds is 5. The molecule has 2 heterocycles. The van der Waals surface area contributed by atoms with E-state index >= 15 is 0 Å². The molecule has 2 aromatic rings. The van der Waals surface area contributed by atoms with Gasteiger partial charge in [-0.25, -0.2) is 0 Å². The number of carbonyl (C=O) groups is 2. The number of amides is 2. The largest absolute Gasteiger partial charge is 0.347 e. The molecule has 26 heavy (non-hydrogen) atoms. The van der Waals surface area contributed by atoms with E-state index in [1.165, 1.54) is 0 Å². The van der Waals surface area contributed by atoms with Gasteiger partial charge in [0.15, 0.2) is 0 Å². The number of carbonyl (C=O) groups excluding carboxylic acids is 2. The van der Waals surface area contributed by atoms with Crippen molar-refractivity contribution in [2.24, 2.45) is 0 Å². The molecular formula is C20H24N4O2. The van der Waals surface area contributed by atoms with Crippen LogP contribution in [0.5, 0.6) is 0 Å². The molecule has 1 fully saturated rings. The molecule has 1 atom stereocenters. The molecule has 1 aliphatic heterocycles. The van der Waals surface area contributed by atoms with E-state index in [-0.39, 0.29) is 17.9 Å². The Morgan fingerprint density at radius 1 is 1.35 bits per heavy atom. The van der Waals surface area contributed by atoms with Crippen LogP contribution in [0, 0.1) is 0 Å². The lowest BCUT2D eigenvalue weighted by Crippen LogP contribution is -2.38. The summed E-state index contributed by atoms with van der Waals surface area (Å²) in [6.45, 7) is 8.91. The van der Waals surface area contributed by atoms with E-state index in [1.807, 2.05) is 26.0 Å². The smallest absolute Gasteiger partial charge is 0.274 e. The summed E-state index contributed by atoms with van der Waals surface area (Å²) in [5.74, 6) is 0.0733. The SMILES string of the molecule is C=Cc1ccc(C(=O)NC2CCN(C(=O)c3cc(C(C)C)[nH]n3)C2)cc1. The second kappa shape index (κ2) is 7.56. The predicted molar refractivity (Wildman–Crippen MR) is 101 cm³/mol. The van der Waals surface area contributed by atoms with Crippen LogP contribution in [0.2, 0.25) is 0 Å². The summed E-state index contributed by atoms with van der Waals surface area (Å²) in [4.78, 5) is 26.7. The third-order valence-corrected chi connectivity index (χ3v) is 4.66. The number of likely N-dealkylation sites (tertiary alicyclic amines) is 1. The summed E-state index contributed by atoms with van der Waals surface area (Å²) < 4.78 is 0. The lowest BCUT2D eigenvalue weighted by Gasteiger charge is -2.16. The van der Waals surface area contributed by atoms with Crippen LogP contribution >= 0.6 is 0 Å². The van der Waals surface area contributed by atoms with Gasteiger partial charge in [-0.05, 0) is 36.1 Å². The van der Waals surface area contributed by atoms with Gasteiger partial charge < -0.3 is 10.2 Å². The molecule has 3 rings (SSSR count). The van der Waals surface area contributed by atoms with Crippen LogP contribution in [-0.2, 0) is 0 Å². The van der Waals surface area contributed by atoms with Crippen LogP contribution in [0.25, 0.3) is 6.08 Å². The minimum Gasteiger partial charge on any atom is -0.347 e. The Morgan fingerprint density at radius 2 is 2.08 bits per heavy atom. The molecule has 0 bridgehead atoms. The van der Waals surface area contributed by atoms with Crippen LogP contribution in [-0.4, -0.2) is 46.0 Å². The van der Waals surface area contributed by atoms with Gasteiger partial charge in [0.05, 0.1) is 0 Å². The standard InChI is InChI=1S/C20H24N4O2/c1-4-14-5-7-15(8-6-14)19(25)21-16-9-10-24(12-16)20(26)18-11-17(13(2)3)22-23-18/h4-8,11,13,16H,1,9-10,12H2,2-3H3,(H,21,25)(H,22,23). The lowest BCUT2D eigenvalue weighted by molar-refractivity contribution is 0.0777. The molecule has 0 aliphatic carbocycles. The minimum atomic E-state index is -0.123. The average molecular weight is 352 g/mol. The molecule has 6 nitrogen and oxygen atoms in total. The molecule has 1 unspecified atom stereocenters. The topological polar surface area (TPSA) is 78.1 Å². The molecule has 0 saturated carbocycles.